The summed E-state index contributed by atoms with van der Waals surface area (Å²) in [5.41, 5.74) is 11.1. The van der Waals surface area contributed by atoms with E-state index >= 15 is 0 Å². The van der Waals surface area contributed by atoms with Gasteiger partial charge in [-0.1, -0.05) is 121 Å². The van der Waals surface area contributed by atoms with Crippen LogP contribution in [0.2, 0.25) is 0 Å². The van der Waals surface area contributed by atoms with E-state index in [0.717, 1.165) is 77.0 Å². The number of nitrogens with zero attached hydrogens (tertiary/aromatic N) is 6. The van der Waals surface area contributed by atoms with Crippen LogP contribution in [0.25, 0.3) is 88.4 Å². The highest BCUT2D eigenvalue weighted by molar-refractivity contribution is 6.11. The first-order chi connectivity index (χ1) is 28.6. The molecule has 0 spiro atoms. The zero-order chi connectivity index (χ0) is 39.3. The average molecular weight is 737 g/mol. The predicted octanol–water partition coefficient (Wildman–Crippen LogP) is 12.4. The molecule has 8 aromatic carbocycles. The van der Waals surface area contributed by atoms with Crippen LogP contribution in [0.1, 0.15) is 22.3 Å². The van der Waals surface area contributed by atoms with Crippen LogP contribution in [0.4, 0.5) is 0 Å². The fourth-order valence-electron chi connectivity index (χ4n) is 8.67. The molecule has 0 radical (unpaired) electrons. The summed E-state index contributed by atoms with van der Waals surface area (Å²) >= 11 is 0. The van der Waals surface area contributed by atoms with Gasteiger partial charge in [0.1, 0.15) is 24.3 Å². The quantitative estimate of drug-likeness (QED) is 0.175. The maximum Gasteiger partial charge on any atom is 0.101 e. The molecule has 0 unspecified atom stereocenters. The van der Waals surface area contributed by atoms with Gasteiger partial charge in [0.05, 0.1) is 55.7 Å². The Morgan fingerprint density at radius 2 is 0.534 bits per heavy atom. The molecule has 6 nitrogen and oxygen atoms in total. The Kier molecular flexibility index (Phi) is 7.92. The SMILES string of the molecule is N#Cc1cc(-c2ccccc2-c2ccccc2-c2cc(C#N)c(-n3c4ccccc4c4ccccc43)c(C#N)c2)cc(C#N)c1-n1c2ccccc2c2ccccc21. The number of rotatable bonds is 5. The highest BCUT2D eigenvalue weighted by Gasteiger charge is 2.23. The molecule has 0 atom stereocenters. The molecule has 0 saturated carbocycles. The van der Waals surface area contributed by atoms with Crippen molar-refractivity contribution in [3.05, 3.63) is 192 Å². The fourth-order valence-corrected chi connectivity index (χ4v) is 8.67. The fraction of sp³-hybridized carbons (Fsp3) is 0. The van der Waals surface area contributed by atoms with Gasteiger partial charge in [-0.2, -0.15) is 21.0 Å². The molecule has 0 aliphatic heterocycles. The van der Waals surface area contributed by atoms with E-state index in [1.54, 1.807) is 0 Å². The average Bonchev–Trinajstić information content (AvgIpc) is 3.80. The van der Waals surface area contributed by atoms with Gasteiger partial charge in [-0.05, 0) is 81.9 Å². The first kappa shape index (κ1) is 33.9. The van der Waals surface area contributed by atoms with Crippen molar-refractivity contribution < 1.29 is 0 Å². The van der Waals surface area contributed by atoms with Gasteiger partial charge in [-0.25, -0.2) is 0 Å². The van der Waals surface area contributed by atoms with E-state index in [1.807, 2.05) is 155 Å². The lowest BCUT2D eigenvalue weighted by molar-refractivity contribution is 1.15. The molecule has 2 heterocycles. The maximum absolute atomic E-state index is 10.7. The third kappa shape index (κ3) is 5.08. The van der Waals surface area contributed by atoms with Crippen molar-refractivity contribution in [3.63, 3.8) is 0 Å². The molecular formula is C52H28N6. The van der Waals surface area contributed by atoms with Crippen LogP contribution in [0.5, 0.6) is 0 Å². The standard InChI is InChI=1S/C52H28N6/c53-29-35-25-33(26-36(30-54)51(35)57-47-21-9-5-17-43(47)44-18-6-10-22-48(44)57)39-13-1-3-15-41(39)42-16-4-2-14-40(42)34-27-37(31-55)52(38(28-34)32-56)58-49-23-11-7-19-45(49)46-20-8-12-24-50(46)58/h1-28H. The van der Waals surface area contributed by atoms with Crippen LogP contribution in [0.3, 0.4) is 0 Å². The van der Waals surface area contributed by atoms with Crippen LogP contribution in [-0.4, -0.2) is 9.13 Å². The summed E-state index contributed by atoms with van der Waals surface area (Å²) in [5.74, 6) is 0. The maximum atomic E-state index is 10.7. The van der Waals surface area contributed by atoms with Crippen LogP contribution in [0, 0.1) is 45.3 Å². The van der Waals surface area contributed by atoms with Crippen LogP contribution in [-0.2, 0) is 0 Å². The van der Waals surface area contributed by atoms with E-state index < -0.39 is 0 Å². The number of nitriles is 4. The minimum atomic E-state index is 0.376. The minimum absolute atomic E-state index is 0.376. The van der Waals surface area contributed by atoms with Crippen molar-refractivity contribution in [2.75, 3.05) is 0 Å². The Hall–Kier alpha value is -8.68. The van der Waals surface area contributed by atoms with Crippen molar-refractivity contribution in [2.45, 2.75) is 0 Å². The zero-order valence-corrected chi connectivity index (χ0v) is 30.8. The van der Waals surface area contributed by atoms with Gasteiger partial charge in [0.25, 0.3) is 0 Å². The van der Waals surface area contributed by atoms with Crippen molar-refractivity contribution >= 4 is 43.6 Å². The van der Waals surface area contributed by atoms with Gasteiger partial charge in [0, 0.05) is 21.5 Å². The lowest BCUT2D eigenvalue weighted by atomic mass is 9.87. The summed E-state index contributed by atoms with van der Waals surface area (Å²) in [6.07, 6.45) is 0. The first-order valence-electron chi connectivity index (χ1n) is 18.8. The van der Waals surface area contributed by atoms with Crippen molar-refractivity contribution in [1.29, 1.82) is 21.0 Å². The molecule has 0 bridgehead atoms. The number of para-hydroxylation sites is 4. The third-order valence-corrected chi connectivity index (χ3v) is 11.1. The smallest absolute Gasteiger partial charge is 0.101 e. The zero-order valence-electron chi connectivity index (χ0n) is 30.8. The highest BCUT2D eigenvalue weighted by Crippen LogP contribution is 2.43. The summed E-state index contributed by atoms with van der Waals surface area (Å²) in [7, 11) is 0. The molecule has 0 N–H and O–H groups in total. The Morgan fingerprint density at radius 3 is 0.810 bits per heavy atom. The second-order valence-corrected chi connectivity index (χ2v) is 14.1. The molecule has 266 valence electrons. The number of aromatic nitrogens is 2. The summed E-state index contributed by atoms with van der Waals surface area (Å²) in [6, 6.07) is 65.2. The largest absolute Gasteiger partial charge is 0.307 e. The Morgan fingerprint density at radius 1 is 0.293 bits per heavy atom. The topological polar surface area (TPSA) is 105 Å². The van der Waals surface area contributed by atoms with E-state index in [9.17, 15) is 21.0 Å². The number of hydrogen-bond donors (Lipinski definition) is 0. The summed E-state index contributed by atoms with van der Waals surface area (Å²) < 4.78 is 4.05. The van der Waals surface area contributed by atoms with Gasteiger partial charge in [0.15, 0.2) is 0 Å². The number of benzene rings is 8. The summed E-state index contributed by atoms with van der Waals surface area (Å²) in [5, 5.41) is 47.0. The van der Waals surface area contributed by atoms with Gasteiger partial charge in [-0.15, -0.1) is 0 Å². The van der Waals surface area contributed by atoms with Crippen LogP contribution in [0.15, 0.2) is 170 Å². The molecular weight excluding hydrogens is 709 g/mol. The highest BCUT2D eigenvalue weighted by atomic mass is 15.0. The van der Waals surface area contributed by atoms with Crippen LogP contribution < -0.4 is 0 Å². The minimum Gasteiger partial charge on any atom is -0.307 e. The van der Waals surface area contributed by atoms with Crippen LogP contribution >= 0.6 is 0 Å². The molecule has 0 aliphatic carbocycles. The number of hydrogen-bond acceptors (Lipinski definition) is 4. The molecule has 10 rings (SSSR count). The van der Waals surface area contributed by atoms with Crippen molar-refractivity contribution in [3.8, 4) is 69.0 Å². The Balaban J connectivity index is 1.16. The normalized spacial score (nSPS) is 11.0. The van der Waals surface area contributed by atoms with Crippen molar-refractivity contribution in [1.82, 2.24) is 9.13 Å². The molecule has 0 aliphatic rings. The Bertz CT molecular complexity index is 3110. The molecule has 10 aromatic rings. The lowest BCUT2D eigenvalue weighted by Gasteiger charge is -2.18. The van der Waals surface area contributed by atoms with E-state index in [-0.39, 0.29) is 0 Å². The molecule has 0 saturated heterocycles. The predicted molar refractivity (Wildman–Crippen MR) is 230 cm³/mol. The molecule has 58 heavy (non-hydrogen) atoms. The summed E-state index contributed by atoms with van der Waals surface area (Å²) in [4.78, 5) is 0. The van der Waals surface area contributed by atoms with Crippen molar-refractivity contribution in [2.24, 2.45) is 0 Å². The third-order valence-electron chi connectivity index (χ3n) is 11.1. The van der Waals surface area contributed by atoms with E-state index in [1.165, 1.54) is 0 Å². The molecule has 0 amide bonds. The molecule has 6 heteroatoms. The Labute approximate surface area is 333 Å². The monoisotopic (exact) mass is 736 g/mol. The van der Waals surface area contributed by atoms with E-state index in [2.05, 4.69) is 48.5 Å². The molecule has 0 fully saturated rings. The van der Waals surface area contributed by atoms with Gasteiger partial charge in [-0.3, -0.25) is 0 Å². The first-order valence-corrected chi connectivity index (χ1v) is 18.8. The molecule has 2 aromatic heterocycles. The second kappa shape index (κ2) is 13.6. The van der Waals surface area contributed by atoms with Gasteiger partial charge >= 0.3 is 0 Å². The van der Waals surface area contributed by atoms with Gasteiger partial charge in [0.2, 0.25) is 0 Å². The van der Waals surface area contributed by atoms with Gasteiger partial charge < -0.3 is 9.13 Å². The van der Waals surface area contributed by atoms with E-state index in [0.29, 0.717) is 33.6 Å². The number of fused-ring (bicyclic) bond motifs is 6. The summed E-state index contributed by atoms with van der Waals surface area (Å²) in [6.45, 7) is 0. The second-order valence-electron chi connectivity index (χ2n) is 14.1. The lowest BCUT2D eigenvalue weighted by Crippen LogP contribution is -2.03. The van der Waals surface area contributed by atoms with E-state index in [4.69, 9.17) is 0 Å².